The van der Waals surface area contributed by atoms with E-state index < -0.39 is 0 Å². The number of benzene rings is 3. The summed E-state index contributed by atoms with van der Waals surface area (Å²) in [6.45, 7) is 12.0. The number of imidazole rings is 1. The summed E-state index contributed by atoms with van der Waals surface area (Å²) >= 11 is 0. The highest BCUT2D eigenvalue weighted by molar-refractivity contribution is 5.82. The SMILES string of the molecule is CCCCn1c(-c2ccc(N)c(OCCc3ccccc3)c2)nc2ccc(OCCCN(CC)CC)cc21. The van der Waals surface area contributed by atoms with Crippen LogP contribution in [0.1, 0.15) is 45.6 Å². The lowest BCUT2D eigenvalue weighted by Crippen LogP contribution is -2.25. The first-order valence-electron chi connectivity index (χ1n) is 14.0. The van der Waals surface area contributed by atoms with Crippen molar-refractivity contribution in [2.45, 2.75) is 53.0 Å². The maximum atomic E-state index is 6.28. The third-order valence-corrected chi connectivity index (χ3v) is 7.00. The molecule has 0 aliphatic rings. The molecule has 0 spiro atoms. The molecule has 202 valence electrons. The zero-order valence-corrected chi connectivity index (χ0v) is 23.2. The lowest BCUT2D eigenvalue weighted by molar-refractivity contribution is 0.249. The Balaban J connectivity index is 1.53. The molecule has 0 aliphatic heterocycles. The summed E-state index contributed by atoms with van der Waals surface area (Å²) in [5.74, 6) is 2.52. The van der Waals surface area contributed by atoms with Gasteiger partial charge in [-0.15, -0.1) is 0 Å². The van der Waals surface area contributed by atoms with Crippen LogP contribution in [-0.2, 0) is 13.0 Å². The predicted molar refractivity (Wildman–Crippen MR) is 158 cm³/mol. The number of rotatable bonds is 15. The third-order valence-electron chi connectivity index (χ3n) is 7.00. The number of fused-ring (bicyclic) bond motifs is 1. The fraction of sp³-hybridized carbons (Fsp3) is 0.406. The highest BCUT2D eigenvalue weighted by atomic mass is 16.5. The number of anilines is 1. The van der Waals surface area contributed by atoms with Gasteiger partial charge in [0.15, 0.2) is 0 Å². The summed E-state index contributed by atoms with van der Waals surface area (Å²) in [5.41, 5.74) is 11.2. The molecular weight excluding hydrogens is 472 g/mol. The van der Waals surface area contributed by atoms with Crippen LogP contribution in [-0.4, -0.2) is 47.3 Å². The molecule has 0 atom stereocenters. The minimum atomic E-state index is 0.568. The predicted octanol–water partition coefficient (Wildman–Crippen LogP) is 6.82. The van der Waals surface area contributed by atoms with Crippen LogP contribution in [0.15, 0.2) is 66.7 Å². The summed E-state index contributed by atoms with van der Waals surface area (Å²) in [7, 11) is 0. The van der Waals surface area contributed by atoms with Crippen molar-refractivity contribution in [1.29, 1.82) is 0 Å². The molecule has 1 aromatic heterocycles. The van der Waals surface area contributed by atoms with Crippen molar-refractivity contribution in [2.24, 2.45) is 0 Å². The Labute approximate surface area is 227 Å². The van der Waals surface area contributed by atoms with Crippen LogP contribution >= 0.6 is 0 Å². The largest absolute Gasteiger partial charge is 0.493 e. The van der Waals surface area contributed by atoms with Crippen LogP contribution < -0.4 is 15.2 Å². The molecule has 0 saturated carbocycles. The van der Waals surface area contributed by atoms with Gasteiger partial charge in [0.05, 0.1) is 29.9 Å². The van der Waals surface area contributed by atoms with Gasteiger partial charge in [-0.2, -0.15) is 0 Å². The maximum Gasteiger partial charge on any atom is 0.142 e. The Morgan fingerprint density at radius 3 is 2.45 bits per heavy atom. The summed E-state index contributed by atoms with van der Waals surface area (Å²) < 4.78 is 14.6. The van der Waals surface area contributed by atoms with Gasteiger partial charge in [0.1, 0.15) is 17.3 Å². The van der Waals surface area contributed by atoms with E-state index in [9.17, 15) is 0 Å². The second kappa shape index (κ2) is 13.9. The number of aromatic nitrogens is 2. The fourth-order valence-corrected chi connectivity index (χ4v) is 4.70. The number of aryl methyl sites for hydroxylation is 1. The van der Waals surface area contributed by atoms with Crippen molar-refractivity contribution in [2.75, 3.05) is 38.6 Å². The lowest BCUT2D eigenvalue weighted by atomic mass is 10.1. The number of nitrogen functional groups attached to an aromatic ring is 1. The number of nitrogens with zero attached hydrogens (tertiary/aromatic N) is 3. The van der Waals surface area contributed by atoms with Gasteiger partial charge in [0.25, 0.3) is 0 Å². The van der Waals surface area contributed by atoms with Crippen LogP contribution in [0.5, 0.6) is 11.5 Å². The Bertz CT molecular complexity index is 1280. The van der Waals surface area contributed by atoms with Gasteiger partial charge in [-0.1, -0.05) is 57.5 Å². The maximum absolute atomic E-state index is 6.28. The molecule has 0 radical (unpaired) electrons. The lowest BCUT2D eigenvalue weighted by Gasteiger charge is -2.17. The normalized spacial score (nSPS) is 11.4. The molecule has 3 aromatic carbocycles. The fourth-order valence-electron chi connectivity index (χ4n) is 4.70. The van der Waals surface area contributed by atoms with Gasteiger partial charge in [-0.3, -0.25) is 0 Å². The van der Waals surface area contributed by atoms with Crippen LogP contribution in [0, 0.1) is 0 Å². The summed E-state index contributed by atoms with van der Waals surface area (Å²) in [6.07, 6.45) is 4.02. The molecule has 4 aromatic rings. The highest BCUT2D eigenvalue weighted by Crippen LogP contribution is 2.32. The number of hydrogen-bond donors (Lipinski definition) is 1. The van der Waals surface area contributed by atoms with Gasteiger partial charge in [-0.05, 0) is 61.8 Å². The Morgan fingerprint density at radius 2 is 1.68 bits per heavy atom. The van der Waals surface area contributed by atoms with E-state index in [-0.39, 0.29) is 0 Å². The van der Waals surface area contributed by atoms with E-state index in [4.69, 9.17) is 20.2 Å². The molecule has 2 N–H and O–H groups in total. The average Bonchev–Trinajstić information content (AvgIpc) is 3.31. The topological polar surface area (TPSA) is 65.5 Å². The summed E-state index contributed by atoms with van der Waals surface area (Å²) in [5, 5.41) is 0. The number of ether oxygens (including phenoxy) is 2. The van der Waals surface area contributed by atoms with Gasteiger partial charge in [0, 0.05) is 31.1 Å². The average molecular weight is 515 g/mol. The zero-order valence-electron chi connectivity index (χ0n) is 23.2. The van der Waals surface area contributed by atoms with E-state index in [1.807, 2.05) is 42.5 Å². The van der Waals surface area contributed by atoms with Crippen molar-refractivity contribution < 1.29 is 9.47 Å². The Kier molecular flexibility index (Phi) is 10.0. The number of nitrogens with two attached hydrogens (primary N) is 1. The zero-order chi connectivity index (χ0) is 26.7. The Hall–Kier alpha value is -3.51. The molecule has 1 heterocycles. The molecule has 0 amide bonds. The first-order valence-corrected chi connectivity index (χ1v) is 14.0. The summed E-state index contributed by atoms with van der Waals surface area (Å²) in [4.78, 5) is 7.44. The van der Waals surface area contributed by atoms with Crippen LogP contribution in [0.4, 0.5) is 5.69 Å². The van der Waals surface area contributed by atoms with Gasteiger partial charge in [0.2, 0.25) is 0 Å². The van der Waals surface area contributed by atoms with Crippen molar-refractivity contribution in [1.82, 2.24) is 14.5 Å². The second-order valence-corrected chi connectivity index (χ2v) is 9.66. The molecule has 0 fully saturated rings. The van der Waals surface area contributed by atoms with Crippen molar-refractivity contribution in [3.05, 3.63) is 72.3 Å². The third kappa shape index (κ3) is 7.07. The standard InChI is InChI=1S/C32H42N4O2/c1-4-7-20-36-30-24-27(37-21-11-19-35(5-2)6-3)15-17-29(30)34-32(36)26-14-16-28(33)31(23-26)38-22-18-25-12-9-8-10-13-25/h8-10,12-17,23-24H,4-7,11,18-22,33H2,1-3H3. The van der Waals surface area contributed by atoms with Crippen molar-refractivity contribution in [3.8, 4) is 22.9 Å². The van der Waals surface area contributed by atoms with Gasteiger partial charge < -0.3 is 24.7 Å². The molecule has 4 rings (SSSR count). The van der Waals surface area contributed by atoms with E-state index in [1.165, 1.54) is 5.56 Å². The molecule has 0 saturated heterocycles. The molecular formula is C32H42N4O2. The quantitative estimate of drug-likeness (QED) is 0.139. The first-order chi connectivity index (χ1) is 18.6. The van der Waals surface area contributed by atoms with Gasteiger partial charge in [-0.25, -0.2) is 4.98 Å². The molecule has 6 heteroatoms. The van der Waals surface area contributed by atoms with Crippen LogP contribution in [0.3, 0.4) is 0 Å². The smallest absolute Gasteiger partial charge is 0.142 e. The highest BCUT2D eigenvalue weighted by Gasteiger charge is 2.15. The monoisotopic (exact) mass is 514 g/mol. The molecule has 0 unspecified atom stereocenters. The van der Waals surface area contributed by atoms with Crippen LogP contribution in [0.25, 0.3) is 22.4 Å². The van der Waals surface area contributed by atoms with Crippen molar-refractivity contribution >= 4 is 16.7 Å². The van der Waals surface area contributed by atoms with Crippen LogP contribution in [0.2, 0.25) is 0 Å². The van der Waals surface area contributed by atoms with E-state index in [2.05, 4.69) is 54.5 Å². The van der Waals surface area contributed by atoms with E-state index >= 15 is 0 Å². The molecule has 0 aliphatic carbocycles. The number of hydrogen-bond acceptors (Lipinski definition) is 5. The Morgan fingerprint density at radius 1 is 0.868 bits per heavy atom. The summed E-state index contributed by atoms with van der Waals surface area (Å²) in [6, 6.07) is 22.6. The van der Waals surface area contributed by atoms with E-state index in [1.54, 1.807) is 0 Å². The molecule has 0 bridgehead atoms. The van der Waals surface area contributed by atoms with E-state index in [0.717, 1.165) is 80.0 Å². The van der Waals surface area contributed by atoms with Crippen molar-refractivity contribution in [3.63, 3.8) is 0 Å². The first kappa shape index (κ1) is 27.5. The minimum Gasteiger partial charge on any atom is -0.493 e. The minimum absolute atomic E-state index is 0.568. The molecule has 6 nitrogen and oxygen atoms in total. The van der Waals surface area contributed by atoms with Gasteiger partial charge >= 0.3 is 0 Å². The van der Waals surface area contributed by atoms with E-state index in [0.29, 0.717) is 24.7 Å². The number of unbranched alkanes of at least 4 members (excludes halogenated alkanes) is 1. The second-order valence-electron chi connectivity index (χ2n) is 9.66. The molecule has 38 heavy (non-hydrogen) atoms.